The SMILES string of the molecule is C[C@@H](C(=O)N1CCc2cccnc21)[C@@H](O)c1ccc([N+](=O)[O-])cc1. The van der Waals surface area contributed by atoms with Crippen LogP contribution in [0.4, 0.5) is 11.5 Å². The van der Waals surface area contributed by atoms with Crippen LogP contribution in [-0.4, -0.2) is 27.5 Å². The van der Waals surface area contributed by atoms with E-state index in [1.165, 1.54) is 24.3 Å². The maximum absolute atomic E-state index is 12.7. The van der Waals surface area contributed by atoms with Crippen molar-refractivity contribution in [3.05, 3.63) is 63.8 Å². The second-order valence-corrected chi connectivity index (χ2v) is 5.81. The first-order chi connectivity index (χ1) is 11.5. The second-order valence-electron chi connectivity index (χ2n) is 5.81. The molecule has 2 heterocycles. The molecule has 1 aliphatic rings. The van der Waals surface area contributed by atoms with Gasteiger partial charge in [0.15, 0.2) is 0 Å². The molecule has 2 atom stereocenters. The number of benzene rings is 1. The molecule has 1 aliphatic heterocycles. The van der Waals surface area contributed by atoms with Crippen molar-refractivity contribution in [3.8, 4) is 0 Å². The Morgan fingerprint density at radius 1 is 1.33 bits per heavy atom. The first-order valence-corrected chi connectivity index (χ1v) is 7.66. The largest absolute Gasteiger partial charge is 0.388 e. The Morgan fingerprint density at radius 2 is 2.04 bits per heavy atom. The molecule has 0 saturated carbocycles. The summed E-state index contributed by atoms with van der Waals surface area (Å²) in [5, 5.41) is 21.1. The summed E-state index contributed by atoms with van der Waals surface area (Å²) >= 11 is 0. The monoisotopic (exact) mass is 327 g/mol. The van der Waals surface area contributed by atoms with Gasteiger partial charge in [0.1, 0.15) is 5.82 Å². The average Bonchev–Trinajstić information content (AvgIpc) is 3.04. The van der Waals surface area contributed by atoms with Gasteiger partial charge in [-0.1, -0.05) is 13.0 Å². The number of hydrogen-bond acceptors (Lipinski definition) is 5. The minimum absolute atomic E-state index is 0.0531. The molecule has 0 unspecified atom stereocenters. The first-order valence-electron chi connectivity index (χ1n) is 7.66. The van der Waals surface area contributed by atoms with Crippen molar-refractivity contribution in [3.63, 3.8) is 0 Å². The molecule has 7 nitrogen and oxygen atoms in total. The Kier molecular flexibility index (Phi) is 4.26. The summed E-state index contributed by atoms with van der Waals surface area (Å²) in [5.41, 5.74) is 1.44. The van der Waals surface area contributed by atoms with Crippen LogP contribution in [0.1, 0.15) is 24.2 Å². The number of hydrogen-bond donors (Lipinski definition) is 1. The van der Waals surface area contributed by atoms with E-state index >= 15 is 0 Å². The highest BCUT2D eigenvalue weighted by atomic mass is 16.6. The molecule has 0 aliphatic carbocycles. The maximum Gasteiger partial charge on any atom is 0.269 e. The van der Waals surface area contributed by atoms with Crippen LogP contribution in [-0.2, 0) is 11.2 Å². The van der Waals surface area contributed by atoms with E-state index in [1.807, 2.05) is 12.1 Å². The fraction of sp³-hybridized carbons (Fsp3) is 0.294. The molecule has 0 saturated heterocycles. The Hall–Kier alpha value is -2.80. The zero-order valence-corrected chi connectivity index (χ0v) is 13.1. The Morgan fingerprint density at radius 3 is 2.71 bits per heavy atom. The molecule has 2 aromatic rings. The highest BCUT2D eigenvalue weighted by Crippen LogP contribution is 2.30. The molecule has 0 fully saturated rings. The lowest BCUT2D eigenvalue weighted by Crippen LogP contribution is -2.36. The van der Waals surface area contributed by atoms with Crippen molar-refractivity contribution in [1.82, 2.24) is 4.98 Å². The summed E-state index contributed by atoms with van der Waals surface area (Å²) in [7, 11) is 0. The van der Waals surface area contributed by atoms with Gasteiger partial charge >= 0.3 is 0 Å². The molecule has 1 amide bonds. The van der Waals surface area contributed by atoms with Gasteiger partial charge in [-0.15, -0.1) is 0 Å². The van der Waals surface area contributed by atoms with Gasteiger partial charge in [-0.25, -0.2) is 4.98 Å². The van der Waals surface area contributed by atoms with Gasteiger partial charge in [-0.05, 0) is 35.7 Å². The topological polar surface area (TPSA) is 96.6 Å². The lowest BCUT2D eigenvalue weighted by Gasteiger charge is -2.24. The zero-order valence-electron chi connectivity index (χ0n) is 13.1. The minimum atomic E-state index is -1.04. The number of fused-ring (bicyclic) bond motifs is 1. The number of carbonyl (C=O) groups is 1. The predicted octanol–water partition coefficient (Wildman–Crippen LogP) is 2.25. The third-order valence-electron chi connectivity index (χ3n) is 4.30. The number of anilines is 1. The van der Waals surface area contributed by atoms with Crippen LogP contribution in [0, 0.1) is 16.0 Å². The molecular formula is C17H17N3O4. The quantitative estimate of drug-likeness (QED) is 0.686. The van der Waals surface area contributed by atoms with E-state index in [1.54, 1.807) is 18.0 Å². The number of non-ortho nitro benzene ring substituents is 1. The number of pyridine rings is 1. The summed E-state index contributed by atoms with van der Waals surface area (Å²) in [6.07, 6.45) is 1.35. The molecule has 1 aromatic carbocycles. The molecule has 0 radical (unpaired) electrons. The molecule has 1 aromatic heterocycles. The van der Waals surface area contributed by atoms with E-state index < -0.39 is 16.9 Å². The average molecular weight is 327 g/mol. The van der Waals surface area contributed by atoms with E-state index in [9.17, 15) is 20.0 Å². The fourth-order valence-electron chi connectivity index (χ4n) is 2.88. The smallest absolute Gasteiger partial charge is 0.269 e. The van der Waals surface area contributed by atoms with Gasteiger partial charge < -0.3 is 5.11 Å². The number of aliphatic hydroxyl groups is 1. The maximum atomic E-state index is 12.7. The van der Waals surface area contributed by atoms with Gasteiger partial charge in [-0.2, -0.15) is 0 Å². The van der Waals surface area contributed by atoms with Crippen LogP contribution >= 0.6 is 0 Å². The number of carbonyl (C=O) groups excluding carboxylic acids is 1. The Balaban J connectivity index is 1.77. The normalized spacial score (nSPS) is 15.7. The van der Waals surface area contributed by atoms with Crippen molar-refractivity contribution in [1.29, 1.82) is 0 Å². The second kappa shape index (κ2) is 6.37. The number of aromatic nitrogens is 1. The summed E-state index contributed by atoms with van der Waals surface area (Å²) in [6.45, 7) is 2.19. The van der Waals surface area contributed by atoms with Crippen LogP contribution < -0.4 is 4.90 Å². The number of nitro benzene ring substituents is 1. The van der Waals surface area contributed by atoms with Crippen LogP contribution in [0.25, 0.3) is 0 Å². The van der Waals surface area contributed by atoms with Crippen molar-refractivity contribution >= 4 is 17.4 Å². The van der Waals surface area contributed by atoms with Crippen molar-refractivity contribution in [2.75, 3.05) is 11.4 Å². The van der Waals surface area contributed by atoms with Crippen molar-refractivity contribution in [2.24, 2.45) is 5.92 Å². The fourth-order valence-corrected chi connectivity index (χ4v) is 2.88. The van der Waals surface area contributed by atoms with Crippen molar-refractivity contribution in [2.45, 2.75) is 19.4 Å². The number of nitrogens with zero attached hydrogens (tertiary/aromatic N) is 3. The van der Waals surface area contributed by atoms with E-state index in [2.05, 4.69) is 4.98 Å². The summed E-state index contributed by atoms with van der Waals surface area (Å²) in [6, 6.07) is 9.37. The Bertz CT molecular complexity index is 776. The van der Waals surface area contributed by atoms with Crippen LogP contribution in [0.15, 0.2) is 42.6 Å². The van der Waals surface area contributed by atoms with E-state index in [0.717, 1.165) is 12.0 Å². The van der Waals surface area contributed by atoms with Crippen LogP contribution in [0.5, 0.6) is 0 Å². The van der Waals surface area contributed by atoms with Gasteiger partial charge in [0.25, 0.3) is 5.69 Å². The van der Waals surface area contributed by atoms with Gasteiger partial charge in [-0.3, -0.25) is 19.8 Å². The number of rotatable bonds is 4. The molecule has 124 valence electrons. The third-order valence-corrected chi connectivity index (χ3v) is 4.30. The summed E-state index contributed by atoms with van der Waals surface area (Å²) in [4.78, 5) is 28.8. The molecule has 24 heavy (non-hydrogen) atoms. The number of amides is 1. The predicted molar refractivity (Wildman–Crippen MR) is 87.5 cm³/mol. The zero-order chi connectivity index (χ0) is 17.3. The van der Waals surface area contributed by atoms with E-state index in [0.29, 0.717) is 17.9 Å². The lowest BCUT2D eigenvalue weighted by molar-refractivity contribution is -0.384. The van der Waals surface area contributed by atoms with Crippen LogP contribution in [0.2, 0.25) is 0 Å². The molecule has 1 N–H and O–H groups in total. The molecule has 0 bridgehead atoms. The number of aliphatic hydroxyl groups excluding tert-OH is 1. The summed E-state index contributed by atoms with van der Waals surface area (Å²) < 4.78 is 0. The molecule has 0 spiro atoms. The highest BCUT2D eigenvalue weighted by molar-refractivity contribution is 5.96. The minimum Gasteiger partial charge on any atom is -0.388 e. The van der Waals surface area contributed by atoms with Gasteiger partial charge in [0, 0.05) is 24.9 Å². The van der Waals surface area contributed by atoms with Crippen LogP contribution in [0.3, 0.4) is 0 Å². The Labute approximate surface area is 138 Å². The standard InChI is InChI=1S/C17H17N3O4/c1-11(15(21)12-4-6-14(7-5-12)20(23)24)17(22)19-10-8-13-3-2-9-18-16(13)19/h2-7,9,11,15,21H,8,10H2,1H3/t11-,15-/m1/s1. The molecule has 7 heteroatoms. The summed E-state index contributed by atoms with van der Waals surface area (Å²) in [5.74, 6) is -0.247. The first kappa shape index (κ1) is 16.1. The van der Waals surface area contributed by atoms with Crippen molar-refractivity contribution < 1.29 is 14.8 Å². The van der Waals surface area contributed by atoms with E-state index in [-0.39, 0.29) is 11.6 Å². The van der Waals surface area contributed by atoms with E-state index in [4.69, 9.17) is 0 Å². The van der Waals surface area contributed by atoms with Gasteiger partial charge in [0.05, 0.1) is 16.9 Å². The van der Waals surface area contributed by atoms with Gasteiger partial charge in [0.2, 0.25) is 5.91 Å². The molecule has 3 rings (SSSR count). The lowest BCUT2D eigenvalue weighted by atomic mass is 9.96. The highest BCUT2D eigenvalue weighted by Gasteiger charge is 2.32. The molecular weight excluding hydrogens is 310 g/mol. The third kappa shape index (κ3) is 2.85. The number of nitro groups is 1.